The van der Waals surface area contributed by atoms with E-state index < -0.39 is 6.10 Å². The van der Waals surface area contributed by atoms with E-state index in [1.807, 2.05) is 55.5 Å². The van der Waals surface area contributed by atoms with Crippen molar-refractivity contribution in [2.75, 3.05) is 7.11 Å². The third-order valence-corrected chi connectivity index (χ3v) is 4.14. The van der Waals surface area contributed by atoms with Crippen LogP contribution in [-0.2, 0) is 4.79 Å². The zero-order chi connectivity index (χ0) is 18.4. The minimum Gasteiger partial charge on any atom is -0.497 e. The zero-order valence-corrected chi connectivity index (χ0v) is 15.6. The first-order valence-electron chi connectivity index (χ1n) is 8.58. The summed E-state index contributed by atoms with van der Waals surface area (Å²) in [5, 5.41) is 3.10. The van der Waals surface area contributed by atoms with Gasteiger partial charge in [-0.3, -0.25) is 4.79 Å². The number of hydrogen-bond donors (Lipinski definition) is 1. The molecule has 0 aromatic heterocycles. The van der Waals surface area contributed by atoms with Gasteiger partial charge in [0.1, 0.15) is 11.5 Å². The molecule has 0 saturated carbocycles. The van der Waals surface area contributed by atoms with Crippen molar-refractivity contribution in [1.82, 2.24) is 5.32 Å². The summed E-state index contributed by atoms with van der Waals surface area (Å²) in [7, 11) is 1.64. The Hall–Kier alpha value is -2.49. The summed E-state index contributed by atoms with van der Waals surface area (Å²) in [6, 6.07) is 15.4. The third kappa shape index (κ3) is 5.24. The highest BCUT2D eigenvalue weighted by atomic mass is 16.5. The number of hydrogen-bond acceptors (Lipinski definition) is 3. The lowest BCUT2D eigenvalue weighted by Crippen LogP contribution is -2.40. The van der Waals surface area contributed by atoms with Gasteiger partial charge in [-0.2, -0.15) is 0 Å². The molecule has 0 saturated heterocycles. The van der Waals surface area contributed by atoms with Crippen molar-refractivity contribution >= 4 is 5.91 Å². The van der Waals surface area contributed by atoms with E-state index in [-0.39, 0.29) is 17.9 Å². The van der Waals surface area contributed by atoms with Gasteiger partial charge in [-0.15, -0.1) is 0 Å². The summed E-state index contributed by atoms with van der Waals surface area (Å²) < 4.78 is 10.9. The van der Waals surface area contributed by atoms with Gasteiger partial charge in [-0.25, -0.2) is 0 Å². The quantitative estimate of drug-likeness (QED) is 0.817. The maximum atomic E-state index is 12.6. The average molecular weight is 341 g/mol. The smallest absolute Gasteiger partial charge is 0.261 e. The first kappa shape index (κ1) is 18.8. The van der Waals surface area contributed by atoms with Crippen LogP contribution in [0.1, 0.15) is 37.9 Å². The Bertz CT molecular complexity index is 677. The van der Waals surface area contributed by atoms with Crippen molar-refractivity contribution in [3.63, 3.8) is 0 Å². The molecule has 1 N–H and O–H groups in total. The molecule has 0 aliphatic rings. The van der Waals surface area contributed by atoms with Crippen LogP contribution in [0, 0.1) is 12.8 Å². The molecule has 0 unspecified atom stereocenters. The Kier molecular flexibility index (Phi) is 6.45. The van der Waals surface area contributed by atoms with Crippen LogP contribution >= 0.6 is 0 Å². The second-order valence-electron chi connectivity index (χ2n) is 6.58. The summed E-state index contributed by atoms with van der Waals surface area (Å²) in [4.78, 5) is 12.6. The molecular formula is C21H27NO3. The van der Waals surface area contributed by atoms with E-state index >= 15 is 0 Å². The second-order valence-corrected chi connectivity index (χ2v) is 6.58. The predicted molar refractivity (Wildman–Crippen MR) is 100.0 cm³/mol. The van der Waals surface area contributed by atoms with E-state index in [4.69, 9.17) is 9.47 Å². The van der Waals surface area contributed by atoms with Gasteiger partial charge in [0.05, 0.1) is 13.2 Å². The van der Waals surface area contributed by atoms with E-state index in [0.29, 0.717) is 5.75 Å². The van der Waals surface area contributed by atoms with E-state index in [1.54, 1.807) is 14.0 Å². The highest BCUT2D eigenvalue weighted by molar-refractivity contribution is 5.81. The van der Waals surface area contributed by atoms with E-state index in [0.717, 1.165) is 16.9 Å². The number of aryl methyl sites for hydroxylation is 1. The fourth-order valence-electron chi connectivity index (χ4n) is 2.59. The minimum atomic E-state index is -0.567. The number of carbonyl (C=O) groups is 1. The van der Waals surface area contributed by atoms with Gasteiger partial charge in [0.15, 0.2) is 6.10 Å². The van der Waals surface area contributed by atoms with Gasteiger partial charge < -0.3 is 14.8 Å². The van der Waals surface area contributed by atoms with Crippen LogP contribution in [0.5, 0.6) is 11.5 Å². The van der Waals surface area contributed by atoms with Gasteiger partial charge in [0.25, 0.3) is 5.91 Å². The summed E-state index contributed by atoms with van der Waals surface area (Å²) in [6.07, 6.45) is -0.567. The van der Waals surface area contributed by atoms with Gasteiger partial charge >= 0.3 is 0 Å². The zero-order valence-electron chi connectivity index (χ0n) is 15.6. The first-order chi connectivity index (χ1) is 11.9. The summed E-state index contributed by atoms with van der Waals surface area (Å²) in [6.45, 7) is 7.95. The molecule has 0 aliphatic carbocycles. The van der Waals surface area contributed by atoms with Crippen LogP contribution in [0.2, 0.25) is 0 Å². The summed E-state index contributed by atoms with van der Waals surface area (Å²) in [5.41, 5.74) is 2.20. The number of rotatable bonds is 7. The van der Waals surface area contributed by atoms with Crippen LogP contribution in [0.3, 0.4) is 0 Å². The van der Waals surface area contributed by atoms with Crippen LogP contribution < -0.4 is 14.8 Å². The predicted octanol–water partition coefficient (Wildman–Crippen LogP) is 4.28. The van der Waals surface area contributed by atoms with Crippen molar-refractivity contribution in [2.45, 2.75) is 39.8 Å². The van der Waals surface area contributed by atoms with Gasteiger partial charge in [0.2, 0.25) is 0 Å². The lowest BCUT2D eigenvalue weighted by Gasteiger charge is -2.25. The second kappa shape index (κ2) is 8.56. The lowest BCUT2D eigenvalue weighted by molar-refractivity contribution is -0.128. The maximum Gasteiger partial charge on any atom is 0.261 e. The topological polar surface area (TPSA) is 47.6 Å². The molecule has 4 heteroatoms. The third-order valence-electron chi connectivity index (χ3n) is 4.14. The van der Waals surface area contributed by atoms with Gasteiger partial charge in [-0.1, -0.05) is 43.7 Å². The maximum absolute atomic E-state index is 12.6. The number of methoxy groups -OCH3 is 1. The first-order valence-corrected chi connectivity index (χ1v) is 8.58. The molecule has 0 spiro atoms. The molecule has 2 aromatic rings. The van der Waals surface area contributed by atoms with E-state index in [1.165, 1.54) is 0 Å². The molecule has 2 aromatic carbocycles. The van der Waals surface area contributed by atoms with Crippen molar-refractivity contribution in [3.05, 3.63) is 59.7 Å². The molecule has 0 fully saturated rings. The molecule has 0 aliphatic heterocycles. The number of nitrogens with one attached hydrogen (secondary N) is 1. The Morgan fingerprint density at radius 2 is 1.48 bits per heavy atom. The monoisotopic (exact) mass is 341 g/mol. The molecule has 4 nitrogen and oxygen atoms in total. The number of carbonyl (C=O) groups excluding carboxylic acids is 1. The molecule has 0 bridgehead atoms. The normalized spacial score (nSPS) is 13.2. The summed E-state index contributed by atoms with van der Waals surface area (Å²) in [5.74, 6) is 1.62. The minimum absolute atomic E-state index is 0.0810. The Morgan fingerprint density at radius 1 is 0.920 bits per heavy atom. The molecule has 0 radical (unpaired) electrons. The van der Waals surface area contributed by atoms with Crippen LogP contribution in [0.4, 0.5) is 0 Å². The Labute approximate surface area is 150 Å². The highest BCUT2D eigenvalue weighted by Gasteiger charge is 2.22. The SMILES string of the molecule is COc1ccc([C@@H](NC(=O)[C@@H](C)Oc2ccc(C)cc2)C(C)C)cc1. The Morgan fingerprint density at radius 3 is 2.00 bits per heavy atom. The summed E-state index contributed by atoms with van der Waals surface area (Å²) >= 11 is 0. The number of benzene rings is 2. The molecule has 0 heterocycles. The van der Waals surface area contributed by atoms with Gasteiger partial charge in [-0.05, 0) is 49.6 Å². The standard InChI is InChI=1S/C21H27NO3/c1-14(2)20(17-8-12-18(24-5)13-9-17)22-21(23)16(4)25-19-10-6-15(3)7-11-19/h6-14,16,20H,1-5H3,(H,22,23)/t16-,20+/m1/s1. The molecule has 1 amide bonds. The average Bonchev–Trinajstić information content (AvgIpc) is 2.61. The number of ether oxygens (including phenoxy) is 2. The largest absolute Gasteiger partial charge is 0.497 e. The van der Waals surface area contributed by atoms with Crippen molar-refractivity contribution in [1.29, 1.82) is 0 Å². The van der Waals surface area contributed by atoms with Crippen molar-refractivity contribution in [2.24, 2.45) is 5.92 Å². The lowest BCUT2D eigenvalue weighted by atomic mass is 9.95. The molecule has 25 heavy (non-hydrogen) atoms. The van der Waals surface area contributed by atoms with Crippen molar-refractivity contribution < 1.29 is 14.3 Å². The fraction of sp³-hybridized carbons (Fsp3) is 0.381. The van der Waals surface area contributed by atoms with Crippen molar-refractivity contribution in [3.8, 4) is 11.5 Å². The molecular weight excluding hydrogens is 314 g/mol. The Balaban J connectivity index is 2.04. The molecule has 2 atom stereocenters. The van der Waals surface area contributed by atoms with Crippen LogP contribution in [0.15, 0.2) is 48.5 Å². The molecule has 2 rings (SSSR count). The van der Waals surface area contributed by atoms with Gasteiger partial charge in [0, 0.05) is 0 Å². The van der Waals surface area contributed by atoms with E-state index in [9.17, 15) is 4.79 Å². The van der Waals surface area contributed by atoms with Crippen LogP contribution in [-0.4, -0.2) is 19.1 Å². The molecule has 134 valence electrons. The fourth-order valence-corrected chi connectivity index (χ4v) is 2.59. The highest BCUT2D eigenvalue weighted by Crippen LogP contribution is 2.24. The number of amides is 1. The van der Waals surface area contributed by atoms with Crippen LogP contribution in [0.25, 0.3) is 0 Å². The van der Waals surface area contributed by atoms with E-state index in [2.05, 4.69) is 19.2 Å².